The molecule has 0 aliphatic carbocycles. The number of nitrogens with zero attached hydrogens (tertiary/aromatic N) is 3. The van der Waals surface area contributed by atoms with Crippen molar-refractivity contribution >= 4 is 11.4 Å². The smallest absolute Gasteiger partial charge is 0.255 e. The van der Waals surface area contributed by atoms with Crippen LogP contribution in [0.4, 0.5) is 0 Å². The normalized spacial score (nSPS) is 11.7. The number of aromatic nitrogens is 3. The zero-order chi connectivity index (χ0) is 12.5. The number of fused-ring (bicyclic) bond motifs is 1. The lowest BCUT2D eigenvalue weighted by atomic mass is 10.1. The van der Waals surface area contributed by atoms with Gasteiger partial charge in [-0.15, -0.1) is 0 Å². The average Bonchev–Trinajstić information content (AvgIpc) is 2.72. The van der Waals surface area contributed by atoms with Crippen molar-refractivity contribution in [3.63, 3.8) is 0 Å². The van der Waals surface area contributed by atoms with E-state index in [0.717, 1.165) is 0 Å². The van der Waals surface area contributed by atoms with Gasteiger partial charge in [0.05, 0.1) is 35.6 Å². The first-order chi connectivity index (χ1) is 8.03. The molecule has 6 heteroatoms. The molecule has 2 aromatic heterocycles. The van der Waals surface area contributed by atoms with Crippen LogP contribution in [0.15, 0.2) is 24.8 Å². The molecule has 0 unspecified atom stereocenters. The van der Waals surface area contributed by atoms with E-state index in [4.69, 9.17) is 5.11 Å². The lowest BCUT2D eigenvalue weighted by Crippen LogP contribution is -2.46. The summed E-state index contributed by atoms with van der Waals surface area (Å²) in [6.45, 7) is 3.36. The van der Waals surface area contributed by atoms with Crippen molar-refractivity contribution in [2.45, 2.75) is 19.4 Å². The first kappa shape index (κ1) is 11.5. The van der Waals surface area contributed by atoms with Crippen LogP contribution in [0.3, 0.4) is 0 Å². The van der Waals surface area contributed by atoms with E-state index in [0.29, 0.717) is 11.1 Å². The molecule has 0 aromatic carbocycles. The number of hydrogen-bond acceptors (Lipinski definition) is 4. The number of nitrogens with one attached hydrogen (secondary N) is 1. The lowest BCUT2D eigenvalue weighted by Gasteiger charge is -2.23. The Balaban J connectivity index is 2.31. The molecule has 0 fully saturated rings. The van der Waals surface area contributed by atoms with Crippen LogP contribution in [-0.2, 0) is 0 Å². The van der Waals surface area contributed by atoms with Crippen molar-refractivity contribution in [3.05, 3.63) is 30.4 Å². The maximum Gasteiger partial charge on any atom is 0.255 e. The first-order valence-corrected chi connectivity index (χ1v) is 5.24. The van der Waals surface area contributed by atoms with E-state index in [-0.39, 0.29) is 12.5 Å². The van der Waals surface area contributed by atoms with Gasteiger partial charge in [-0.2, -0.15) is 5.10 Å². The number of carbonyl (C=O) groups excluding carboxylic acids is 1. The molecule has 6 nitrogen and oxygen atoms in total. The molecule has 2 rings (SSSR count). The minimum Gasteiger partial charge on any atom is -0.394 e. The molecule has 2 heterocycles. The van der Waals surface area contributed by atoms with E-state index < -0.39 is 5.54 Å². The SMILES string of the molecule is CC(C)(CO)NC(=O)c1cnn2ccncc12. The molecule has 0 aliphatic heterocycles. The second-order valence-corrected chi connectivity index (χ2v) is 4.46. The molecule has 17 heavy (non-hydrogen) atoms. The van der Waals surface area contributed by atoms with Gasteiger partial charge in [0.25, 0.3) is 5.91 Å². The minimum atomic E-state index is -0.659. The van der Waals surface area contributed by atoms with Crippen LogP contribution >= 0.6 is 0 Å². The minimum absolute atomic E-state index is 0.129. The highest BCUT2D eigenvalue weighted by molar-refractivity contribution is 6.00. The summed E-state index contributed by atoms with van der Waals surface area (Å²) in [7, 11) is 0. The molecule has 0 saturated heterocycles. The highest BCUT2D eigenvalue weighted by atomic mass is 16.3. The predicted molar refractivity (Wildman–Crippen MR) is 61.6 cm³/mol. The van der Waals surface area contributed by atoms with Crippen LogP contribution in [0.2, 0.25) is 0 Å². The summed E-state index contributed by atoms with van der Waals surface area (Å²) in [5.41, 5.74) is 0.423. The van der Waals surface area contributed by atoms with Crippen molar-refractivity contribution in [3.8, 4) is 0 Å². The largest absolute Gasteiger partial charge is 0.394 e. The fourth-order valence-corrected chi connectivity index (χ4v) is 1.42. The Morgan fingerprint density at radius 3 is 3.00 bits per heavy atom. The highest BCUT2D eigenvalue weighted by Crippen LogP contribution is 2.10. The van der Waals surface area contributed by atoms with Gasteiger partial charge in [0.2, 0.25) is 0 Å². The average molecular weight is 234 g/mol. The Hall–Kier alpha value is -1.95. The molecule has 90 valence electrons. The van der Waals surface area contributed by atoms with Gasteiger partial charge in [0.15, 0.2) is 0 Å². The lowest BCUT2D eigenvalue weighted by molar-refractivity contribution is 0.0871. The number of carbonyl (C=O) groups is 1. The van der Waals surface area contributed by atoms with Gasteiger partial charge in [0.1, 0.15) is 0 Å². The van der Waals surface area contributed by atoms with E-state index in [1.807, 2.05) is 0 Å². The Labute approximate surface area is 98.3 Å². The first-order valence-electron chi connectivity index (χ1n) is 5.24. The molecule has 2 N–H and O–H groups in total. The van der Waals surface area contributed by atoms with Crippen molar-refractivity contribution in [2.75, 3.05) is 6.61 Å². The standard InChI is InChI=1S/C11H14N4O2/c1-11(2,7-16)14-10(17)8-5-13-15-4-3-12-6-9(8)15/h3-6,16H,7H2,1-2H3,(H,14,17). The molecule has 0 bridgehead atoms. The van der Waals surface area contributed by atoms with E-state index in [1.165, 1.54) is 6.20 Å². The number of hydrogen-bond donors (Lipinski definition) is 2. The number of aliphatic hydroxyl groups excluding tert-OH is 1. The van der Waals surface area contributed by atoms with E-state index in [1.54, 1.807) is 37.0 Å². The quantitative estimate of drug-likeness (QED) is 0.796. The summed E-state index contributed by atoms with van der Waals surface area (Å²) in [5.74, 6) is -0.271. The predicted octanol–water partition coefficient (Wildman–Crippen LogP) is 0.230. The van der Waals surface area contributed by atoms with Crippen molar-refractivity contribution in [2.24, 2.45) is 0 Å². The van der Waals surface area contributed by atoms with Crippen LogP contribution in [0.5, 0.6) is 0 Å². The van der Waals surface area contributed by atoms with Crippen LogP contribution in [0.1, 0.15) is 24.2 Å². The van der Waals surface area contributed by atoms with Gasteiger partial charge in [0, 0.05) is 12.4 Å². The molecule has 0 atom stereocenters. The topological polar surface area (TPSA) is 79.5 Å². The molecule has 0 radical (unpaired) electrons. The van der Waals surface area contributed by atoms with Gasteiger partial charge in [-0.3, -0.25) is 9.78 Å². The van der Waals surface area contributed by atoms with Gasteiger partial charge in [-0.25, -0.2) is 4.52 Å². The third-order valence-corrected chi connectivity index (χ3v) is 2.42. The number of amides is 1. The third kappa shape index (κ3) is 2.26. The van der Waals surface area contributed by atoms with Gasteiger partial charge < -0.3 is 10.4 Å². The maximum absolute atomic E-state index is 12.0. The summed E-state index contributed by atoms with van der Waals surface area (Å²) in [6, 6.07) is 0. The number of rotatable bonds is 3. The third-order valence-electron chi connectivity index (χ3n) is 2.42. The van der Waals surface area contributed by atoms with E-state index in [2.05, 4.69) is 15.4 Å². The molecule has 2 aromatic rings. The Morgan fingerprint density at radius 2 is 2.29 bits per heavy atom. The summed E-state index contributed by atoms with van der Waals surface area (Å²) in [4.78, 5) is 15.9. The van der Waals surface area contributed by atoms with Crippen LogP contribution in [0.25, 0.3) is 5.52 Å². The van der Waals surface area contributed by atoms with Crippen LogP contribution < -0.4 is 5.32 Å². The van der Waals surface area contributed by atoms with Gasteiger partial charge in [-0.1, -0.05) is 0 Å². The molecular weight excluding hydrogens is 220 g/mol. The summed E-state index contributed by atoms with van der Waals surface area (Å²) >= 11 is 0. The van der Waals surface area contributed by atoms with E-state index >= 15 is 0 Å². The fraction of sp³-hybridized carbons (Fsp3) is 0.364. The van der Waals surface area contributed by atoms with Gasteiger partial charge in [-0.05, 0) is 13.8 Å². The van der Waals surface area contributed by atoms with E-state index in [9.17, 15) is 4.79 Å². The highest BCUT2D eigenvalue weighted by Gasteiger charge is 2.22. The second kappa shape index (κ2) is 4.14. The maximum atomic E-state index is 12.0. The zero-order valence-electron chi connectivity index (χ0n) is 9.71. The van der Waals surface area contributed by atoms with Crippen LogP contribution in [-0.4, -0.2) is 37.8 Å². The van der Waals surface area contributed by atoms with Gasteiger partial charge >= 0.3 is 0 Å². The van der Waals surface area contributed by atoms with Crippen molar-refractivity contribution < 1.29 is 9.90 Å². The Morgan fingerprint density at radius 1 is 1.53 bits per heavy atom. The molecule has 0 aliphatic rings. The number of aliphatic hydroxyl groups is 1. The summed E-state index contributed by atoms with van der Waals surface area (Å²) in [5, 5.41) is 15.9. The van der Waals surface area contributed by atoms with Crippen LogP contribution in [0, 0.1) is 0 Å². The molecule has 0 saturated carbocycles. The molecule has 1 amide bonds. The Bertz CT molecular complexity index is 547. The Kier molecular flexibility index (Phi) is 2.81. The molecular formula is C11H14N4O2. The van der Waals surface area contributed by atoms with Crippen molar-refractivity contribution in [1.29, 1.82) is 0 Å². The van der Waals surface area contributed by atoms with Crippen molar-refractivity contribution in [1.82, 2.24) is 19.9 Å². The summed E-state index contributed by atoms with van der Waals surface area (Å²) < 4.78 is 1.58. The second-order valence-electron chi connectivity index (χ2n) is 4.46. The fourth-order valence-electron chi connectivity index (χ4n) is 1.42. The zero-order valence-corrected chi connectivity index (χ0v) is 9.71. The monoisotopic (exact) mass is 234 g/mol. The summed E-state index contributed by atoms with van der Waals surface area (Å²) in [6.07, 6.45) is 6.33. The molecule has 0 spiro atoms.